The Hall–Kier alpha value is -1.47. The third-order valence-electron chi connectivity index (χ3n) is 1.59. The van der Waals surface area contributed by atoms with E-state index in [-0.39, 0.29) is 12.4 Å². The molecule has 1 amide bonds. The zero-order valence-corrected chi connectivity index (χ0v) is 8.01. The summed E-state index contributed by atoms with van der Waals surface area (Å²) in [7, 11) is 0. The lowest BCUT2D eigenvalue weighted by molar-refractivity contribution is -0.153. The van der Waals surface area contributed by atoms with Crippen LogP contribution in [0.2, 0.25) is 0 Å². The Labute approximate surface area is 84.1 Å². The minimum absolute atomic E-state index is 0.106. The van der Waals surface area contributed by atoms with E-state index in [4.69, 9.17) is 10.9 Å². The van der Waals surface area contributed by atoms with Gasteiger partial charge in [0.2, 0.25) is 5.91 Å². The summed E-state index contributed by atoms with van der Waals surface area (Å²) < 4.78 is 35.1. The standard InChI is InChI=1S/C7H12F3N3O2/c1-4(6(11)13-15)3-12-5(14)2-7(8,9)10/h4,15H,2-3H2,1H3,(H2,11,13)(H,12,14). The van der Waals surface area contributed by atoms with Crippen LogP contribution in [0, 0.1) is 5.92 Å². The quantitative estimate of drug-likeness (QED) is 0.282. The summed E-state index contributed by atoms with van der Waals surface area (Å²) in [5.41, 5.74) is 5.16. The van der Waals surface area contributed by atoms with Crippen LogP contribution in [-0.2, 0) is 4.79 Å². The second-order valence-electron chi connectivity index (χ2n) is 3.02. The molecule has 8 heteroatoms. The molecule has 1 atom stereocenters. The van der Waals surface area contributed by atoms with Gasteiger partial charge in [-0.2, -0.15) is 13.2 Å². The summed E-state index contributed by atoms with van der Waals surface area (Å²) >= 11 is 0. The first kappa shape index (κ1) is 13.5. The number of oxime groups is 1. The molecule has 0 rings (SSSR count). The first-order chi connectivity index (χ1) is 6.76. The third kappa shape index (κ3) is 6.58. The third-order valence-corrected chi connectivity index (χ3v) is 1.59. The highest BCUT2D eigenvalue weighted by molar-refractivity contribution is 5.83. The summed E-state index contributed by atoms with van der Waals surface area (Å²) in [6.45, 7) is 1.40. The molecule has 0 heterocycles. The molecule has 15 heavy (non-hydrogen) atoms. The number of hydrogen-bond donors (Lipinski definition) is 3. The van der Waals surface area contributed by atoms with Crippen molar-refractivity contribution in [3.8, 4) is 0 Å². The van der Waals surface area contributed by atoms with Crippen molar-refractivity contribution in [2.75, 3.05) is 6.54 Å². The SMILES string of the molecule is CC(CNC(=O)CC(F)(F)F)C(N)=NO. The first-order valence-corrected chi connectivity index (χ1v) is 4.07. The maximum Gasteiger partial charge on any atom is 0.397 e. The van der Waals surface area contributed by atoms with E-state index in [1.54, 1.807) is 0 Å². The number of nitrogens with zero attached hydrogens (tertiary/aromatic N) is 1. The van der Waals surface area contributed by atoms with Gasteiger partial charge in [0.05, 0.1) is 0 Å². The highest BCUT2D eigenvalue weighted by Crippen LogP contribution is 2.18. The van der Waals surface area contributed by atoms with Crippen molar-refractivity contribution < 1.29 is 23.2 Å². The molecule has 0 aromatic heterocycles. The fraction of sp³-hybridized carbons (Fsp3) is 0.714. The van der Waals surface area contributed by atoms with Gasteiger partial charge >= 0.3 is 6.18 Å². The Bertz CT molecular complexity index is 252. The van der Waals surface area contributed by atoms with Gasteiger partial charge in [0, 0.05) is 12.5 Å². The fourth-order valence-electron chi connectivity index (χ4n) is 0.715. The molecule has 0 fully saturated rings. The molecule has 0 aromatic carbocycles. The fourth-order valence-corrected chi connectivity index (χ4v) is 0.715. The van der Waals surface area contributed by atoms with E-state index < -0.39 is 24.4 Å². The number of amidine groups is 1. The van der Waals surface area contributed by atoms with E-state index in [1.807, 2.05) is 5.32 Å². The summed E-state index contributed by atoms with van der Waals surface area (Å²) in [4.78, 5) is 10.7. The summed E-state index contributed by atoms with van der Waals surface area (Å²) in [6.07, 6.45) is -6.06. The molecule has 1 unspecified atom stereocenters. The zero-order chi connectivity index (χ0) is 12.1. The Balaban J connectivity index is 3.92. The van der Waals surface area contributed by atoms with Crippen LogP contribution in [0.25, 0.3) is 0 Å². The largest absolute Gasteiger partial charge is 0.409 e. The number of hydrogen-bond acceptors (Lipinski definition) is 3. The van der Waals surface area contributed by atoms with Gasteiger partial charge in [0.25, 0.3) is 0 Å². The van der Waals surface area contributed by atoms with Crippen LogP contribution in [0.5, 0.6) is 0 Å². The van der Waals surface area contributed by atoms with Crippen LogP contribution in [-0.4, -0.2) is 29.7 Å². The van der Waals surface area contributed by atoms with E-state index in [9.17, 15) is 18.0 Å². The Morgan fingerprint density at radius 2 is 2.13 bits per heavy atom. The van der Waals surface area contributed by atoms with Crippen LogP contribution >= 0.6 is 0 Å². The molecule has 0 saturated heterocycles. The Morgan fingerprint density at radius 3 is 2.53 bits per heavy atom. The van der Waals surface area contributed by atoms with Gasteiger partial charge in [-0.05, 0) is 0 Å². The normalized spacial score (nSPS) is 14.8. The predicted molar refractivity (Wildman–Crippen MR) is 46.3 cm³/mol. The predicted octanol–water partition coefficient (Wildman–Crippen LogP) is 0.437. The van der Waals surface area contributed by atoms with Crippen molar-refractivity contribution in [3.63, 3.8) is 0 Å². The van der Waals surface area contributed by atoms with E-state index >= 15 is 0 Å². The zero-order valence-electron chi connectivity index (χ0n) is 8.01. The Morgan fingerprint density at radius 1 is 1.60 bits per heavy atom. The molecule has 0 saturated carbocycles. The number of halogens is 3. The van der Waals surface area contributed by atoms with Crippen LogP contribution in [0.1, 0.15) is 13.3 Å². The van der Waals surface area contributed by atoms with Gasteiger partial charge in [-0.3, -0.25) is 4.79 Å². The monoisotopic (exact) mass is 227 g/mol. The number of nitrogens with one attached hydrogen (secondary N) is 1. The van der Waals surface area contributed by atoms with Crippen molar-refractivity contribution in [1.82, 2.24) is 5.32 Å². The number of carbonyl (C=O) groups excluding carboxylic acids is 1. The van der Waals surface area contributed by atoms with Crippen molar-refractivity contribution in [2.45, 2.75) is 19.5 Å². The van der Waals surface area contributed by atoms with Crippen molar-refractivity contribution in [1.29, 1.82) is 0 Å². The number of alkyl halides is 3. The van der Waals surface area contributed by atoms with Crippen molar-refractivity contribution in [3.05, 3.63) is 0 Å². The van der Waals surface area contributed by atoms with Crippen molar-refractivity contribution in [2.24, 2.45) is 16.8 Å². The smallest absolute Gasteiger partial charge is 0.397 e. The average Bonchev–Trinajstić information content (AvgIpc) is 2.10. The first-order valence-electron chi connectivity index (χ1n) is 4.07. The summed E-state index contributed by atoms with van der Waals surface area (Å²) in [5, 5.41) is 12.9. The average molecular weight is 227 g/mol. The highest BCUT2D eigenvalue weighted by atomic mass is 19.4. The van der Waals surface area contributed by atoms with E-state index in [2.05, 4.69) is 5.16 Å². The minimum atomic E-state index is -4.52. The molecule has 0 aliphatic carbocycles. The molecule has 0 aliphatic heterocycles. The van der Waals surface area contributed by atoms with Gasteiger partial charge in [0.15, 0.2) is 0 Å². The van der Waals surface area contributed by atoms with E-state index in [0.717, 1.165) is 0 Å². The molecule has 0 bridgehead atoms. The number of rotatable bonds is 4. The summed E-state index contributed by atoms with van der Waals surface area (Å²) in [5.74, 6) is -1.81. The molecule has 5 nitrogen and oxygen atoms in total. The van der Waals surface area contributed by atoms with E-state index in [1.165, 1.54) is 6.92 Å². The van der Waals surface area contributed by atoms with E-state index in [0.29, 0.717) is 0 Å². The molecule has 4 N–H and O–H groups in total. The van der Waals surface area contributed by atoms with Crippen LogP contribution < -0.4 is 11.1 Å². The van der Waals surface area contributed by atoms with Crippen LogP contribution in [0.3, 0.4) is 0 Å². The van der Waals surface area contributed by atoms with Gasteiger partial charge in [-0.25, -0.2) is 0 Å². The van der Waals surface area contributed by atoms with Crippen molar-refractivity contribution >= 4 is 11.7 Å². The molecular formula is C7H12F3N3O2. The lowest BCUT2D eigenvalue weighted by Gasteiger charge is -2.11. The second kappa shape index (κ2) is 5.42. The van der Waals surface area contributed by atoms with Crippen LogP contribution in [0.15, 0.2) is 5.16 Å². The molecule has 0 spiro atoms. The number of carbonyl (C=O) groups is 1. The molecule has 0 aliphatic rings. The summed E-state index contributed by atoms with van der Waals surface area (Å²) in [6, 6.07) is 0. The minimum Gasteiger partial charge on any atom is -0.409 e. The topological polar surface area (TPSA) is 87.7 Å². The number of nitrogens with two attached hydrogens (primary N) is 1. The molecule has 0 radical (unpaired) electrons. The Kier molecular flexibility index (Phi) is 4.89. The number of amides is 1. The maximum absolute atomic E-state index is 11.7. The van der Waals surface area contributed by atoms with Gasteiger partial charge < -0.3 is 16.3 Å². The maximum atomic E-state index is 11.7. The lowest BCUT2D eigenvalue weighted by atomic mass is 10.1. The van der Waals surface area contributed by atoms with Gasteiger partial charge in [-0.15, -0.1) is 0 Å². The molecule has 0 aromatic rings. The molecule has 88 valence electrons. The highest BCUT2D eigenvalue weighted by Gasteiger charge is 2.31. The van der Waals surface area contributed by atoms with Gasteiger partial charge in [0.1, 0.15) is 12.3 Å². The second-order valence-corrected chi connectivity index (χ2v) is 3.02. The lowest BCUT2D eigenvalue weighted by Crippen LogP contribution is -2.36. The van der Waals surface area contributed by atoms with Crippen LogP contribution in [0.4, 0.5) is 13.2 Å². The van der Waals surface area contributed by atoms with Gasteiger partial charge in [-0.1, -0.05) is 12.1 Å². The molecular weight excluding hydrogens is 215 g/mol.